The zero-order valence-electron chi connectivity index (χ0n) is 11.0. The van der Waals surface area contributed by atoms with Gasteiger partial charge in [0.25, 0.3) is 9.05 Å². The summed E-state index contributed by atoms with van der Waals surface area (Å²) in [6, 6.07) is 3.06. The fourth-order valence-corrected chi connectivity index (χ4v) is 2.41. The Morgan fingerprint density at radius 2 is 2.05 bits per heavy atom. The normalized spacial score (nSPS) is 12.6. The van der Waals surface area contributed by atoms with E-state index < -0.39 is 25.8 Å². The number of halogens is 1. The van der Waals surface area contributed by atoms with Crippen molar-refractivity contribution in [2.75, 3.05) is 0 Å². The van der Waals surface area contributed by atoms with E-state index in [2.05, 4.69) is 10.1 Å². The Labute approximate surface area is 119 Å². The molecule has 0 radical (unpaired) electrons. The van der Waals surface area contributed by atoms with Crippen molar-refractivity contribution in [3.63, 3.8) is 0 Å². The third-order valence-electron chi connectivity index (χ3n) is 2.21. The predicted molar refractivity (Wildman–Crippen MR) is 72.2 cm³/mol. The van der Waals surface area contributed by atoms with Crippen molar-refractivity contribution in [2.45, 2.75) is 31.4 Å². The molecule has 2 aromatic rings. The topological polar surface area (TPSA) is 91.2 Å². The van der Waals surface area contributed by atoms with Crippen molar-refractivity contribution in [3.8, 4) is 0 Å². The van der Waals surface area contributed by atoms with Crippen LogP contribution in [0.15, 0.2) is 23.4 Å². The van der Waals surface area contributed by atoms with E-state index in [-0.39, 0.29) is 11.0 Å². The van der Waals surface area contributed by atoms with E-state index in [0.29, 0.717) is 0 Å². The smallest absolute Gasteiger partial charge is 0.435 e. The van der Waals surface area contributed by atoms with Gasteiger partial charge in [0.15, 0.2) is 0 Å². The number of hydrogen-bond acceptors (Lipinski definition) is 6. The zero-order valence-corrected chi connectivity index (χ0v) is 12.6. The Morgan fingerprint density at radius 3 is 2.60 bits per heavy atom. The number of ether oxygens (including phenoxy) is 1. The Kier molecular flexibility index (Phi) is 3.47. The number of aromatic nitrogens is 3. The molecule has 0 saturated heterocycles. The van der Waals surface area contributed by atoms with Crippen LogP contribution in [0.3, 0.4) is 0 Å². The molecule has 108 valence electrons. The van der Waals surface area contributed by atoms with Crippen molar-refractivity contribution >= 4 is 36.9 Å². The Morgan fingerprint density at radius 1 is 1.40 bits per heavy atom. The monoisotopic (exact) mass is 317 g/mol. The second-order valence-electron chi connectivity index (χ2n) is 5.01. The largest absolute Gasteiger partial charge is 0.442 e. The van der Waals surface area contributed by atoms with Gasteiger partial charge in [-0.15, -0.1) is 5.10 Å². The summed E-state index contributed by atoms with van der Waals surface area (Å²) < 4.78 is 28.9. The van der Waals surface area contributed by atoms with Crippen LogP contribution in [-0.2, 0) is 13.8 Å². The second-order valence-corrected chi connectivity index (χ2v) is 7.49. The maximum Gasteiger partial charge on any atom is 0.435 e. The lowest BCUT2D eigenvalue weighted by Gasteiger charge is -2.19. The molecule has 0 spiro atoms. The molecule has 2 heterocycles. The molecule has 0 N–H and O–H groups in total. The molecular formula is C11H12ClN3O4S. The fourth-order valence-electron chi connectivity index (χ4n) is 1.53. The highest BCUT2D eigenvalue weighted by molar-refractivity contribution is 8.13. The summed E-state index contributed by atoms with van der Waals surface area (Å²) >= 11 is 0. The summed E-state index contributed by atoms with van der Waals surface area (Å²) in [5.74, 6) is 0. The highest BCUT2D eigenvalue weighted by Gasteiger charge is 2.27. The molecule has 2 rings (SSSR count). The standard InChI is InChI=1S/C11H12ClN3O4S/c1-11(2,3)19-10(16)15-7-5-4-6-13-8(7)9(14-15)20(12,17)18/h4-6H,1-3H3. The average Bonchev–Trinajstić information content (AvgIpc) is 2.65. The summed E-state index contributed by atoms with van der Waals surface area (Å²) in [6.45, 7) is 5.07. The van der Waals surface area contributed by atoms with Crippen LogP contribution in [-0.4, -0.2) is 34.9 Å². The van der Waals surface area contributed by atoms with Crippen molar-refractivity contribution < 1.29 is 17.9 Å². The number of fused-ring (bicyclic) bond motifs is 1. The molecular weight excluding hydrogens is 306 g/mol. The van der Waals surface area contributed by atoms with E-state index in [0.717, 1.165) is 4.68 Å². The molecule has 0 amide bonds. The molecule has 0 aliphatic carbocycles. The molecule has 0 unspecified atom stereocenters. The number of carbonyl (C=O) groups is 1. The lowest BCUT2D eigenvalue weighted by molar-refractivity contribution is 0.0520. The first kappa shape index (κ1) is 14.7. The average molecular weight is 318 g/mol. The quantitative estimate of drug-likeness (QED) is 0.748. The van der Waals surface area contributed by atoms with Crippen molar-refractivity contribution in [1.82, 2.24) is 14.8 Å². The van der Waals surface area contributed by atoms with E-state index in [1.165, 1.54) is 12.3 Å². The first-order valence-corrected chi connectivity index (χ1v) is 7.92. The van der Waals surface area contributed by atoms with Crippen LogP contribution in [0.2, 0.25) is 0 Å². The third-order valence-corrected chi connectivity index (χ3v) is 3.38. The predicted octanol–water partition coefficient (Wildman–Crippen LogP) is 2.14. The lowest BCUT2D eigenvalue weighted by Crippen LogP contribution is -2.27. The minimum Gasteiger partial charge on any atom is -0.442 e. The van der Waals surface area contributed by atoms with Crippen LogP contribution >= 0.6 is 10.7 Å². The summed E-state index contributed by atoms with van der Waals surface area (Å²) in [4.78, 5) is 15.9. The van der Waals surface area contributed by atoms with E-state index in [9.17, 15) is 13.2 Å². The van der Waals surface area contributed by atoms with Gasteiger partial charge in [-0.1, -0.05) is 0 Å². The van der Waals surface area contributed by atoms with Crippen molar-refractivity contribution in [2.24, 2.45) is 0 Å². The van der Waals surface area contributed by atoms with E-state index >= 15 is 0 Å². The summed E-state index contributed by atoms with van der Waals surface area (Å²) in [5.41, 5.74) is -0.508. The molecule has 7 nitrogen and oxygen atoms in total. The number of nitrogens with zero attached hydrogens (tertiary/aromatic N) is 3. The molecule has 0 aliphatic heterocycles. The Balaban J connectivity index is 2.64. The van der Waals surface area contributed by atoms with Gasteiger partial charge in [0.2, 0.25) is 5.03 Å². The van der Waals surface area contributed by atoms with Gasteiger partial charge in [-0.05, 0) is 32.9 Å². The molecule has 0 fully saturated rings. The fraction of sp³-hybridized carbons (Fsp3) is 0.364. The van der Waals surface area contributed by atoms with E-state index in [1.807, 2.05) is 0 Å². The van der Waals surface area contributed by atoms with Crippen LogP contribution < -0.4 is 0 Å². The molecule has 0 aliphatic rings. The van der Waals surface area contributed by atoms with Crippen LogP contribution in [0.1, 0.15) is 20.8 Å². The van der Waals surface area contributed by atoms with Gasteiger partial charge in [-0.2, -0.15) is 4.68 Å². The summed E-state index contributed by atoms with van der Waals surface area (Å²) in [7, 11) is 1.18. The number of rotatable bonds is 1. The maximum absolute atomic E-state index is 12.0. The van der Waals surface area contributed by atoms with Gasteiger partial charge in [0, 0.05) is 16.9 Å². The van der Waals surface area contributed by atoms with Crippen molar-refractivity contribution in [1.29, 1.82) is 0 Å². The van der Waals surface area contributed by atoms with Crippen LogP contribution in [0, 0.1) is 0 Å². The Hall–Kier alpha value is -1.67. The molecule has 0 aromatic carbocycles. The van der Waals surface area contributed by atoms with Crippen LogP contribution in [0.25, 0.3) is 11.0 Å². The first-order valence-electron chi connectivity index (χ1n) is 5.61. The number of pyridine rings is 1. The van der Waals surface area contributed by atoms with Gasteiger partial charge in [-0.3, -0.25) is 4.98 Å². The maximum atomic E-state index is 12.0. The molecule has 0 atom stereocenters. The van der Waals surface area contributed by atoms with Gasteiger partial charge >= 0.3 is 6.09 Å². The minimum absolute atomic E-state index is 0.0216. The second kappa shape index (κ2) is 4.71. The SMILES string of the molecule is CC(C)(C)OC(=O)n1nc(S(=O)(=O)Cl)c2ncccc21. The van der Waals surface area contributed by atoms with E-state index in [4.69, 9.17) is 15.4 Å². The highest BCUT2D eigenvalue weighted by Crippen LogP contribution is 2.23. The van der Waals surface area contributed by atoms with Gasteiger partial charge in [-0.25, -0.2) is 13.2 Å². The first-order chi connectivity index (χ1) is 9.09. The van der Waals surface area contributed by atoms with Gasteiger partial charge < -0.3 is 4.74 Å². The molecule has 0 saturated carbocycles. The van der Waals surface area contributed by atoms with Crippen LogP contribution in [0.5, 0.6) is 0 Å². The molecule has 9 heteroatoms. The Bertz CT molecular complexity index is 777. The molecule has 2 aromatic heterocycles. The third kappa shape index (κ3) is 2.91. The molecule has 0 bridgehead atoms. The zero-order chi connectivity index (χ0) is 15.1. The number of carbonyl (C=O) groups excluding carboxylic acids is 1. The van der Waals surface area contributed by atoms with Crippen molar-refractivity contribution in [3.05, 3.63) is 18.3 Å². The van der Waals surface area contributed by atoms with E-state index in [1.54, 1.807) is 26.8 Å². The molecule has 20 heavy (non-hydrogen) atoms. The van der Waals surface area contributed by atoms with Gasteiger partial charge in [0.1, 0.15) is 16.6 Å². The summed E-state index contributed by atoms with van der Waals surface area (Å²) in [6.07, 6.45) is 0.580. The summed E-state index contributed by atoms with van der Waals surface area (Å²) in [5, 5.41) is 3.23. The number of hydrogen-bond donors (Lipinski definition) is 0. The lowest BCUT2D eigenvalue weighted by atomic mass is 10.2. The minimum atomic E-state index is -4.12. The van der Waals surface area contributed by atoms with Crippen LogP contribution in [0.4, 0.5) is 4.79 Å². The highest BCUT2D eigenvalue weighted by atomic mass is 35.7. The van der Waals surface area contributed by atoms with Gasteiger partial charge in [0.05, 0.1) is 0 Å².